The van der Waals surface area contributed by atoms with Crippen LogP contribution < -0.4 is 5.56 Å². The van der Waals surface area contributed by atoms with Crippen molar-refractivity contribution in [3.05, 3.63) is 32.4 Å². The molecule has 2 aromatic rings. The van der Waals surface area contributed by atoms with E-state index >= 15 is 0 Å². The van der Waals surface area contributed by atoms with Gasteiger partial charge in [0, 0.05) is 22.3 Å². The van der Waals surface area contributed by atoms with E-state index in [0.29, 0.717) is 17.3 Å². The van der Waals surface area contributed by atoms with E-state index in [2.05, 4.69) is 6.58 Å². The van der Waals surface area contributed by atoms with Gasteiger partial charge in [-0.1, -0.05) is 29.9 Å². The highest BCUT2D eigenvalue weighted by Gasteiger charge is 2.24. The van der Waals surface area contributed by atoms with Crippen LogP contribution in [0.25, 0.3) is 10.2 Å². The summed E-state index contributed by atoms with van der Waals surface area (Å²) in [4.78, 5) is 20.4. The number of hydrogen-bond donors (Lipinski definition) is 0. The first-order valence-corrected chi connectivity index (χ1v) is 10.9. The second-order valence-electron chi connectivity index (χ2n) is 6.64. The zero-order valence-corrected chi connectivity index (χ0v) is 16.4. The molecule has 4 rings (SSSR count). The van der Waals surface area contributed by atoms with Crippen LogP contribution in [0.1, 0.15) is 36.1 Å². The van der Waals surface area contributed by atoms with Crippen molar-refractivity contribution in [3.63, 3.8) is 0 Å². The number of thioether (sulfide) groups is 1. The fourth-order valence-corrected chi connectivity index (χ4v) is 5.85. The summed E-state index contributed by atoms with van der Waals surface area (Å²) in [5.74, 6) is 0.552. The van der Waals surface area contributed by atoms with E-state index in [-0.39, 0.29) is 11.7 Å². The molecule has 2 aromatic heterocycles. The lowest BCUT2D eigenvalue weighted by atomic mass is 9.97. The zero-order valence-electron chi connectivity index (χ0n) is 14.1. The summed E-state index contributed by atoms with van der Waals surface area (Å²) in [5.41, 5.74) is 1.32. The number of thiophene rings is 1. The van der Waals surface area contributed by atoms with Crippen LogP contribution in [-0.4, -0.2) is 28.0 Å². The van der Waals surface area contributed by atoms with Gasteiger partial charge < -0.3 is 4.74 Å². The van der Waals surface area contributed by atoms with Gasteiger partial charge >= 0.3 is 0 Å². The van der Waals surface area contributed by atoms with Gasteiger partial charge in [-0.2, -0.15) is 0 Å². The lowest BCUT2D eigenvalue weighted by molar-refractivity contribution is 0.0937. The van der Waals surface area contributed by atoms with Gasteiger partial charge in [0.1, 0.15) is 4.83 Å². The third-order valence-corrected chi connectivity index (χ3v) is 7.35. The van der Waals surface area contributed by atoms with Crippen molar-refractivity contribution in [2.45, 2.75) is 56.3 Å². The lowest BCUT2D eigenvalue weighted by Crippen LogP contribution is -2.29. The first-order valence-electron chi connectivity index (χ1n) is 8.76. The van der Waals surface area contributed by atoms with E-state index in [1.165, 1.54) is 28.6 Å². The van der Waals surface area contributed by atoms with Gasteiger partial charge in [0.25, 0.3) is 5.56 Å². The average molecular weight is 397 g/mol. The predicted molar refractivity (Wildman–Crippen MR) is 105 cm³/mol. The molecule has 0 amide bonds. The van der Waals surface area contributed by atoms with E-state index < -0.39 is 0 Å². The van der Waals surface area contributed by atoms with Crippen LogP contribution in [0.15, 0.2) is 21.6 Å². The normalized spacial score (nSPS) is 20.1. The van der Waals surface area contributed by atoms with Gasteiger partial charge in [0.15, 0.2) is 5.16 Å². The SMILES string of the molecule is C=C(Cl)CSc1nc2sc3c(c2c(=O)n1CC1CCCO1)CCCC3. The lowest BCUT2D eigenvalue weighted by Gasteiger charge is -2.16. The Morgan fingerprint density at radius 3 is 3.00 bits per heavy atom. The van der Waals surface area contributed by atoms with Gasteiger partial charge in [-0.3, -0.25) is 9.36 Å². The summed E-state index contributed by atoms with van der Waals surface area (Å²) < 4.78 is 7.57. The molecule has 0 radical (unpaired) electrons. The molecule has 1 unspecified atom stereocenters. The Morgan fingerprint density at radius 2 is 2.24 bits per heavy atom. The van der Waals surface area contributed by atoms with Crippen molar-refractivity contribution in [3.8, 4) is 0 Å². The molecule has 0 saturated carbocycles. The van der Waals surface area contributed by atoms with E-state index in [0.717, 1.165) is 54.1 Å². The molecule has 1 aliphatic carbocycles. The first-order chi connectivity index (χ1) is 12.1. The van der Waals surface area contributed by atoms with Crippen LogP contribution in [0.3, 0.4) is 0 Å². The van der Waals surface area contributed by atoms with Crippen LogP contribution in [-0.2, 0) is 24.1 Å². The van der Waals surface area contributed by atoms with Crippen LogP contribution in [0.5, 0.6) is 0 Å². The molecule has 0 spiro atoms. The number of hydrogen-bond acceptors (Lipinski definition) is 5. The molecule has 4 nitrogen and oxygen atoms in total. The van der Waals surface area contributed by atoms with Gasteiger partial charge in [-0.25, -0.2) is 4.98 Å². The number of fused-ring (bicyclic) bond motifs is 3. The Morgan fingerprint density at radius 1 is 1.40 bits per heavy atom. The standard InChI is InChI=1S/C18H21ClN2O2S2/c1-11(19)10-24-18-20-16-15(13-6-2-3-7-14(13)25-16)17(22)21(18)9-12-5-4-8-23-12/h12H,1-10H2. The monoisotopic (exact) mass is 396 g/mol. The maximum atomic E-state index is 13.3. The highest BCUT2D eigenvalue weighted by atomic mass is 35.5. The predicted octanol–water partition coefficient (Wildman–Crippen LogP) is 4.36. The second-order valence-corrected chi connectivity index (χ2v) is 9.20. The van der Waals surface area contributed by atoms with Crippen LogP contribution >= 0.6 is 34.7 Å². The summed E-state index contributed by atoms with van der Waals surface area (Å²) in [6.07, 6.45) is 6.59. The van der Waals surface area contributed by atoms with Crippen molar-refractivity contribution in [1.82, 2.24) is 9.55 Å². The smallest absolute Gasteiger partial charge is 0.263 e. The van der Waals surface area contributed by atoms with E-state index in [1.54, 1.807) is 11.3 Å². The number of aryl methyl sites for hydroxylation is 2. The molecule has 1 saturated heterocycles. The third-order valence-electron chi connectivity index (χ3n) is 4.81. The molecular weight excluding hydrogens is 376 g/mol. The van der Waals surface area contributed by atoms with Crippen molar-refractivity contribution >= 4 is 44.9 Å². The maximum Gasteiger partial charge on any atom is 0.263 e. The minimum Gasteiger partial charge on any atom is -0.376 e. The van der Waals surface area contributed by atoms with Crippen LogP contribution in [0.2, 0.25) is 0 Å². The molecule has 7 heteroatoms. The van der Waals surface area contributed by atoms with E-state index in [9.17, 15) is 4.79 Å². The van der Waals surface area contributed by atoms with Gasteiger partial charge in [-0.15, -0.1) is 11.3 Å². The van der Waals surface area contributed by atoms with Gasteiger partial charge in [0.05, 0.1) is 18.0 Å². The number of ether oxygens (including phenoxy) is 1. The molecule has 134 valence electrons. The Labute approximate surface area is 160 Å². The Kier molecular flexibility index (Phi) is 5.23. The number of rotatable bonds is 5. The summed E-state index contributed by atoms with van der Waals surface area (Å²) >= 11 is 9.11. The molecule has 3 heterocycles. The first kappa shape index (κ1) is 17.6. The van der Waals surface area contributed by atoms with Gasteiger partial charge in [0.2, 0.25) is 0 Å². The van der Waals surface area contributed by atoms with E-state index in [1.807, 2.05) is 4.57 Å². The topological polar surface area (TPSA) is 44.1 Å². The molecule has 0 N–H and O–H groups in total. The molecule has 1 aliphatic heterocycles. The average Bonchev–Trinajstić information content (AvgIpc) is 3.22. The van der Waals surface area contributed by atoms with E-state index in [4.69, 9.17) is 21.3 Å². The van der Waals surface area contributed by atoms with Crippen molar-refractivity contribution < 1.29 is 4.74 Å². The molecule has 0 aromatic carbocycles. The quantitative estimate of drug-likeness (QED) is 0.556. The Hall–Kier alpha value is -0.820. The number of nitrogens with zero attached hydrogens (tertiary/aromatic N) is 2. The summed E-state index contributed by atoms with van der Waals surface area (Å²) in [7, 11) is 0. The van der Waals surface area contributed by atoms with Crippen molar-refractivity contribution in [2.24, 2.45) is 0 Å². The molecule has 1 fully saturated rings. The Bertz CT molecular complexity index is 868. The third kappa shape index (κ3) is 3.54. The number of aromatic nitrogens is 2. The highest BCUT2D eigenvalue weighted by Crippen LogP contribution is 2.35. The molecule has 1 atom stereocenters. The molecule has 25 heavy (non-hydrogen) atoms. The highest BCUT2D eigenvalue weighted by molar-refractivity contribution is 7.99. The van der Waals surface area contributed by atoms with Crippen LogP contribution in [0.4, 0.5) is 0 Å². The summed E-state index contributed by atoms with van der Waals surface area (Å²) in [6.45, 7) is 5.10. The fourth-order valence-electron chi connectivity index (χ4n) is 3.63. The Balaban J connectivity index is 1.81. The van der Waals surface area contributed by atoms with Crippen molar-refractivity contribution in [1.29, 1.82) is 0 Å². The minimum atomic E-state index is 0.0857. The minimum absolute atomic E-state index is 0.0857. The number of halogens is 1. The molecule has 2 aliphatic rings. The van der Waals surface area contributed by atoms with Crippen molar-refractivity contribution in [2.75, 3.05) is 12.4 Å². The maximum absolute atomic E-state index is 13.3. The second kappa shape index (κ2) is 7.43. The molecule has 0 bridgehead atoms. The summed E-state index contributed by atoms with van der Waals surface area (Å²) in [6, 6.07) is 0. The summed E-state index contributed by atoms with van der Waals surface area (Å²) in [5, 5.41) is 2.13. The largest absolute Gasteiger partial charge is 0.376 e. The van der Waals surface area contributed by atoms with Gasteiger partial charge in [-0.05, 0) is 44.1 Å². The fraction of sp³-hybridized carbons (Fsp3) is 0.556. The molecular formula is C18H21ClN2O2S2. The van der Waals surface area contributed by atoms with Crippen LogP contribution in [0, 0.1) is 0 Å². The zero-order chi connectivity index (χ0) is 17.4.